The summed E-state index contributed by atoms with van der Waals surface area (Å²) < 4.78 is 1.15. The number of hydrogen-bond donors (Lipinski definition) is 1. The van der Waals surface area contributed by atoms with Crippen LogP contribution in [0.2, 0.25) is 0 Å². The molecule has 0 bridgehead atoms. The fourth-order valence-corrected chi connectivity index (χ4v) is 3.36. The van der Waals surface area contributed by atoms with Crippen molar-refractivity contribution in [2.75, 3.05) is 0 Å². The Kier molecular flexibility index (Phi) is 4.12. The molecule has 1 aliphatic carbocycles. The van der Waals surface area contributed by atoms with Crippen molar-refractivity contribution in [3.8, 4) is 0 Å². The van der Waals surface area contributed by atoms with Crippen LogP contribution in [0.4, 0.5) is 0 Å². The number of nitrogens with two attached hydrogens (primary N) is 1. The van der Waals surface area contributed by atoms with Gasteiger partial charge in [0, 0.05) is 20.7 Å². The standard InChI is InChI=1S/C12H16BrNS/c13-9-1-5-11(6-2-9)15-12-7-3-10(14)4-8-12/h1-2,5-6,10,12H,3-4,7-8,14H2/t10-,12-. The van der Waals surface area contributed by atoms with Crippen molar-refractivity contribution in [2.24, 2.45) is 5.73 Å². The normalized spacial score (nSPS) is 26.5. The van der Waals surface area contributed by atoms with Gasteiger partial charge in [-0.15, -0.1) is 11.8 Å². The Labute approximate surface area is 104 Å². The Balaban J connectivity index is 1.89. The molecule has 0 spiro atoms. The Morgan fingerprint density at radius 1 is 1.07 bits per heavy atom. The average molecular weight is 286 g/mol. The van der Waals surface area contributed by atoms with Crippen molar-refractivity contribution in [1.29, 1.82) is 0 Å². The number of benzene rings is 1. The van der Waals surface area contributed by atoms with E-state index in [1.165, 1.54) is 30.6 Å². The Hall–Kier alpha value is 0.01000. The maximum Gasteiger partial charge on any atom is 0.0176 e. The molecule has 1 aliphatic rings. The molecule has 2 rings (SSSR count). The SMILES string of the molecule is N[C@H]1CC[C@H](Sc2ccc(Br)cc2)CC1. The van der Waals surface area contributed by atoms with Crippen molar-refractivity contribution >= 4 is 27.7 Å². The first-order valence-corrected chi connectivity index (χ1v) is 7.09. The molecule has 0 aliphatic heterocycles. The fourth-order valence-electron chi connectivity index (χ4n) is 1.91. The molecule has 1 aromatic rings. The first-order valence-electron chi connectivity index (χ1n) is 5.42. The highest BCUT2D eigenvalue weighted by atomic mass is 79.9. The smallest absolute Gasteiger partial charge is 0.0176 e. The molecule has 3 heteroatoms. The summed E-state index contributed by atoms with van der Waals surface area (Å²) in [5.74, 6) is 0. The quantitative estimate of drug-likeness (QED) is 0.894. The second-order valence-electron chi connectivity index (χ2n) is 4.11. The molecular weight excluding hydrogens is 270 g/mol. The van der Waals surface area contributed by atoms with E-state index in [0.717, 1.165) is 9.72 Å². The zero-order valence-corrected chi connectivity index (χ0v) is 11.1. The summed E-state index contributed by atoms with van der Waals surface area (Å²) in [6.07, 6.45) is 4.91. The van der Waals surface area contributed by atoms with Crippen LogP contribution in [-0.2, 0) is 0 Å². The van der Waals surface area contributed by atoms with Gasteiger partial charge in [-0.2, -0.15) is 0 Å². The minimum atomic E-state index is 0.451. The lowest BCUT2D eigenvalue weighted by Gasteiger charge is -2.25. The van der Waals surface area contributed by atoms with Gasteiger partial charge in [0.25, 0.3) is 0 Å². The first-order chi connectivity index (χ1) is 7.24. The van der Waals surface area contributed by atoms with E-state index in [0.29, 0.717) is 6.04 Å². The van der Waals surface area contributed by atoms with Crippen LogP contribution in [0.3, 0.4) is 0 Å². The average Bonchev–Trinajstić information content (AvgIpc) is 2.25. The molecule has 1 fully saturated rings. The number of rotatable bonds is 2. The van der Waals surface area contributed by atoms with Crippen LogP contribution >= 0.6 is 27.7 Å². The predicted octanol–water partition coefficient (Wildman–Crippen LogP) is 3.81. The molecule has 2 N–H and O–H groups in total. The predicted molar refractivity (Wildman–Crippen MR) is 70.2 cm³/mol. The van der Waals surface area contributed by atoms with E-state index in [2.05, 4.69) is 40.2 Å². The molecule has 1 aromatic carbocycles. The van der Waals surface area contributed by atoms with Gasteiger partial charge in [-0.1, -0.05) is 15.9 Å². The minimum Gasteiger partial charge on any atom is -0.328 e. The van der Waals surface area contributed by atoms with E-state index >= 15 is 0 Å². The van der Waals surface area contributed by atoms with Gasteiger partial charge in [-0.05, 0) is 49.9 Å². The van der Waals surface area contributed by atoms with Gasteiger partial charge in [-0.25, -0.2) is 0 Å². The summed E-state index contributed by atoms with van der Waals surface area (Å²) >= 11 is 5.45. The first kappa shape index (κ1) is 11.5. The van der Waals surface area contributed by atoms with E-state index in [-0.39, 0.29) is 0 Å². The topological polar surface area (TPSA) is 26.0 Å². The summed E-state index contributed by atoms with van der Waals surface area (Å²) in [6, 6.07) is 9.03. The van der Waals surface area contributed by atoms with Gasteiger partial charge in [-0.3, -0.25) is 0 Å². The third-order valence-corrected chi connectivity index (χ3v) is 4.71. The van der Waals surface area contributed by atoms with Crippen molar-refractivity contribution in [2.45, 2.75) is 41.9 Å². The van der Waals surface area contributed by atoms with Crippen LogP contribution in [0, 0.1) is 0 Å². The third kappa shape index (κ3) is 3.51. The molecular formula is C12H16BrNS. The van der Waals surface area contributed by atoms with Crippen molar-refractivity contribution in [3.05, 3.63) is 28.7 Å². The maximum absolute atomic E-state index is 5.89. The molecule has 0 atom stereocenters. The summed E-state index contributed by atoms with van der Waals surface area (Å²) in [7, 11) is 0. The van der Waals surface area contributed by atoms with Gasteiger partial charge in [0.1, 0.15) is 0 Å². The lowest BCUT2D eigenvalue weighted by atomic mass is 9.96. The van der Waals surface area contributed by atoms with E-state index in [1.54, 1.807) is 0 Å². The van der Waals surface area contributed by atoms with E-state index < -0.39 is 0 Å². The summed E-state index contributed by atoms with van der Waals surface area (Å²) in [5, 5.41) is 0.769. The van der Waals surface area contributed by atoms with Crippen molar-refractivity contribution < 1.29 is 0 Å². The Morgan fingerprint density at radius 2 is 1.67 bits per heavy atom. The molecule has 0 amide bonds. The number of halogens is 1. The van der Waals surface area contributed by atoms with Crippen LogP contribution in [0.1, 0.15) is 25.7 Å². The molecule has 0 heterocycles. The minimum absolute atomic E-state index is 0.451. The zero-order chi connectivity index (χ0) is 10.7. The van der Waals surface area contributed by atoms with Crippen molar-refractivity contribution in [3.63, 3.8) is 0 Å². The largest absolute Gasteiger partial charge is 0.328 e. The fraction of sp³-hybridized carbons (Fsp3) is 0.500. The molecule has 0 aromatic heterocycles. The van der Waals surface area contributed by atoms with Gasteiger partial charge >= 0.3 is 0 Å². The summed E-state index contributed by atoms with van der Waals surface area (Å²) in [4.78, 5) is 1.37. The van der Waals surface area contributed by atoms with Gasteiger partial charge in [0.05, 0.1) is 0 Å². The summed E-state index contributed by atoms with van der Waals surface area (Å²) in [6.45, 7) is 0. The van der Waals surface area contributed by atoms with Gasteiger partial charge < -0.3 is 5.73 Å². The van der Waals surface area contributed by atoms with Gasteiger partial charge in [0.15, 0.2) is 0 Å². The van der Waals surface area contributed by atoms with Crippen molar-refractivity contribution in [1.82, 2.24) is 0 Å². The second-order valence-corrected chi connectivity index (χ2v) is 6.40. The number of thioether (sulfide) groups is 1. The van der Waals surface area contributed by atoms with Crippen LogP contribution in [-0.4, -0.2) is 11.3 Å². The molecule has 1 nitrogen and oxygen atoms in total. The van der Waals surface area contributed by atoms with Crippen LogP contribution in [0.15, 0.2) is 33.6 Å². The van der Waals surface area contributed by atoms with Gasteiger partial charge in [0.2, 0.25) is 0 Å². The van der Waals surface area contributed by atoms with Crippen LogP contribution in [0.5, 0.6) is 0 Å². The van der Waals surface area contributed by atoms with Crippen LogP contribution < -0.4 is 5.73 Å². The monoisotopic (exact) mass is 285 g/mol. The van der Waals surface area contributed by atoms with Crippen LogP contribution in [0.25, 0.3) is 0 Å². The highest BCUT2D eigenvalue weighted by Crippen LogP contribution is 2.33. The van der Waals surface area contributed by atoms with E-state index in [1.807, 2.05) is 11.8 Å². The van der Waals surface area contributed by atoms with E-state index in [4.69, 9.17) is 5.73 Å². The Bertz CT molecular complexity index is 304. The molecule has 1 saturated carbocycles. The second kappa shape index (κ2) is 5.37. The zero-order valence-electron chi connectivity index (χ0n) is 8.66. The number of hydrogen-bond acceptors (Lipinski definition) is 2. The lowest BCUT2D eigenvalue weighted by Crippen LogP contribution is -2.27. The third-order valence-electron chi connectivity index (χ3n) is 2.84. The molecule has 0 radical (unpaired) electrons. The lowest BCUT2D eigenvalue weighted by molar-refractivity contribution is 0.451. The maximum atomic E-state index is 5.89. The Morgan fingerprint density at radius 3 is 2.27 bits per heavy atom. The molecule has 0 unspecified atom stereocenters. The summed E-state index contributed by atoms with van der Waals surface area (Å²) in [5.41, 5.74) is 5.89. The molecule has 0 saturated heterocycles. The highest BCUT2D eigenvalue weighted by Gasteiger charge is 2.19. The molecule has 82 valence electrons. The van der Waals surface area contributed by atoms with E-state index in [9.17, 15) is 0 Å². The highest BCUT2D eigenvalue weighted by molar-refractivity contribution is 9.10. The molecule has 15 heavy (non-hydrogen) atoms.